The topological polar surface area (TPSA) is 0 Å². The Hall–Kier alpha value is -1.53. The first-order valence-corrected chi connectivity index (χ1v) is 5.67. The Morgan fingerprint density at radius 2 is 1.44 bits per heavy atom. The summed E-state index contributed by atoms with van der Waals surface area (Å²) in [5, 5.41) is 0.859. The van der Waals surface area contributed by atoms with Crippen molar-refractivity contribution in [2.75, 3.05) is 0 Å². The molecular weight excluding hydrogens is 216 g/mol. The number of allylic oxidation sites excluding steroid dienone is 1. The molecule has 0 amide bonds. The molecule has 0 nitrogen and oxygen atoms in total. The molecule has 0 spiro atoms. The summed E-state index contributed by atoms with van der Waals surface area (Å²) in [4.78, 5) is 0. The molecule has 0 saturated carbocycles. The Morgan fingerprint density at radius 1 is 0.875 bits per heavy atom. The zero-order valence-corrected chi connectivity index (χ0v) is 9.69. The minimum absolute atomic E-state index is 0.789. The summed E-state index contributed by atoms with van der Waals surface area (Å²) in [5.41, 5.74) is 2.38. The highest BCUT2D eigenvalue weighted by molar-refractivity contribution is 6.31. The third kappa shape index (κ3) is 3.25. The Morgan fingerprint density at radius 3 is 2.06 bits per heavy atom. The summed E-state index contributed by atoms with van der Waals surface area (Å²) in [6.07, 6.45) is 2.80. The monoisotopic (exact) mass is 228 g/mol. The van der Waals surface area contributed by atoms with Gasteiger partial charge in [-0.25, -0.2) is 0 Å². The van der Waals surface area contributed by atoms with Crippen molar-refractivity contribution < 1.29 is 0 Å². The number of benzene rings is 2. The quantitative estimate of drug-likeness (QED) is 0.725. The van der Waals surface area contributed by atoms with Crippen LogP contribution in [0.5, 0.6) is 0 Å². The van der Waals surface area contributed by atoms with Crippen molar-refractivity contribution in [3.05, 3.63) is 76.8 Å². The van der Waals surface area contributed by atoms with Crippen LogP contribution in [0.3, 0.4) is 0 Å². The maximum absolute atomic E-state index is 6.21. The molecule has 0 aliphatic rings. The van der Waals surface area contributed by atoms with Crippen molar-refractivity contribution in [1.82, 2.24) is 0 Å². The summed E-state index contributed by atoms with van der Waals surface area (Å²) < 4.78 is 0. The lowest BCUT2D eigenvalue weighted by atomic mass is 10.1. The lowest BCUT2D eigenvalue weighted by molar-refractivity contribution is 1.25. The Kier molecular flexibility index (Phi) is 3.79. The van der Waals surface area contributed by atoms with Crippen molar-refractivity contribution in [3.63, 3.8) is 0 Å². The van der Waals surface area contributed by atoms with Crippen molar-refractivity contribution in [2.24, 2.45) is 0 Å². The van der Waals surface area contributed by atoms with Crippen LogP contribution < -0.4 is 0 Å². The Labute approximate surface area is 101 Å². The molecule has 0 bridgehead atoms. The summed E-state index contributed by atoms with van der Waals surface area (Å²) >= 11 is 6.21. The molecule has 0 aliphatic heterocycles. The summed E-state index contributed by atoms with van der Waals surface area (Å²) in [5.74, 6) is 0. The van der Waals surface area contributed by atoms with E-state index in [1.807, 2.05) is 54.6 Å². The predicted octanol–water partition coefficient (Wildman–Crippen LogP) is 4.51. The largest absolute Gasteiger partial charge is 0.0888 e. The lowest BCUT2D eigenvalue weighted by Gasteiger charge is -2.00. The standard InChI is InChI=1S/C15H13Cl/c16-15(11-13-7-3-1-4-8-13)12-14-9-5-2-6-10-14/h1-11H,12H2/b15-11-. The highest BCUT2D eigenvalue weighted by atomic mass is 35.5. The minimum atomic E-state index is 0.789. The first-order valence-electron chi connectivity index (χ1n) is 5.29. The molecule has 16 heavy (non-hydrogen) atoms. The van der Waals surface area contributed by atoms with Crippen molar-refractivity contribution in [1.29, 1.82) is 0 Å². The van der Waals surface area contributed by atoms with Crippen LogP contribution in [0.2, 0.25) is 0 Å². The summed E-state index contributed by atoms with van der Waals surface area (Å²) in [6, 6.07) is 20.4. The molecule has 0 heterocycles. The van der Waals surface area contributed by atoms with Crippen molar-refractivity contribution in [2.45, 2.75) is 6.42 Å². The SMILES string of the molecule is Cl/C(=C\c1ccccc1)Cc1ccccc1. The first-order chi connectivity index (χ1) is 7.84. The fourth-order valence-corrected chi connectivity index (χ4v) is 1.85. The highest BCUT2D eigenvalue weighted by Crippen LogP contribution is 2.15. The second-order valence-corrected chi connectivity index (χ2v) is 4.15. The van der Waals surface area contributed by atoms with Gasteiger partial charge >= 0.3 is 0 Å². The molecule has 80 valence electrons. The fourth-order valence-electron chi connectivity index (χ4n) is 1.57. The van der Waals surface area contributed by atoms with Crippen LogP contribution in [0.4, 0.5) is 0 Å². The minimum Gasteiger partial charge on any atom is -0.0888 e. The van der Waals surface area contributed by atoms with Crippen LogP contribution in [0.15, 0.2) is 65.7 Å². The van der Waals surface area contributed by atoms with E-state index in [1.54, 1.807) is 0 Å². The van der Waals surface area contributed by atoms with Gasteiger partial charge in [-0.3, -0.25) is 0 Å². The first kappa shape index (κ1) is 11.0. The summed E-state index contributed by atoms with van der Waals surface area (Å²) in [6.45, 7) is 0. The Balaban J connectivity index is 2.09. The normalized spacial score (nSPS) is 11.4. The molecule has 0 unspecified atom stereocenters. The molecule has 2 rings (SSSR count). The zero-order valence-electron chi connectivity index (χ0n) is 8.94. The van der Waals surface area contributed by atoms with Gasteiger partial charge in [0, 0.05) is 11.5 Å². The molecule has 0 N–H and O–H groups in total. The van der Waals surface area contributed by atoms with Crippen molar-refractivity contribution in [3.8, 4) is 0 Å². The van der Waals surface area contributed by atoms with Gasteiger partial charge in [0.2, 0.25) is 0 Å². The van der Waals surface area contributed by atoms with Gasteiger partial charge in [0.15, 0.2) is 0 Å². The van der Waals surface area contributed by atoms with Gasteiger partial charge in [-0.2, -0.15) is 0 Å². The van der Waals surface area contributed by atoms with Crippen LogP contribution >= 0.6 is 11.6 Å². The van der Waals surface area contributed by atoms with Crippen LogP contribution in [0, 0.1) is 0 Å². The molecule has 0 aromatic heterocycles. The average Bonchev–Trinajstić information content (AvgIpc) is 2.31. The number of rotatable bonds is 3. The second-order valence-electron chi connectivity index (χ2n) is 3.66. The summed E-state index contributed by atoms with van der Waals surface area (Å²) in [7, 11) is 0. The van der Waals surface area contributed by atoms with E-state index in [2.05, 4.69) is 12.1 Å². The number of hydrogen-bond donors (Lipinski definition) is 0. The van der Waals surface area contributed by atoms with E-state index in [0.717, 1.165) is 17.0 Å². The van der Waals surface area contributed by atoms with Crippen molar-refractivity contribution >= 4 is 17.7 Å². The lowest BCUT2D eigenvalue weighted by Crippen LogP contribution is -1.83. The molecule has 0 radical (unpaired) electrons. The molecule has 0 fully saturated rings. The maximum Gasteiger partial charge on any atom is 0.0230 e. The molecule has 0 atom stereocenters. The van der Waals surface area contributed by atoms with E-state index >= 15 is 0 Å². The van der Waals surface area contributed by atoms with Gasteiger partial charge in [0.25, 0.3) is 0 Å². The molecule has 1 heteroatoms. The average molecular weight is 229 g/mol. The molecule has 2 aromatic carbocycles. The zero-order chi connectivity index (χ0) is 11.2. The van der Waals surface area contributed by atoms with Gasteiger partial charge in [-0.15, -0.1) is 0 Å². The molecule has 2 aromatic rings. The van der Waals surface area contributed by atoms with E-state index in [0.29, 0.717) is 0 Å². The predicted molar refractivity (Wildman–Crippen MR) is 70.4 cm³/mol. The number of hydrogen-bond acceptors (Lipinski definition) is 0. The van der Waals surface area contributed by atoms with Crippen LogP contribution in [-0.4, -0.2) is 0 Å². The van der Waals surface area contributed by atoms with Crippen LogP contribution in [-0.2, 0) is 6.42 Å². The third-order valence-electron chi connectivity index (χ3n) is 2.34. The van der Waals surface area contributed by atoms with Crippen LogP contribution in [0.25, 0.3) is 6.08 Å². The molecule has 0 saturated heterocycles. The van der Waals surface area contributed by atoms with E-state index in [9.17, 15) is 0 Å². The van der Waals surface area contributed by atoms with Gasteiger partial charge in [0.1, 0.15) is 0 Å². The second kappa shape index (κ2) is 5.53. The van der Waals surface area contributed by atoms with Crippen LogP contribution in [0.1, 0.15) is 11.1 Å². The van der Waals surface area contributed by atoms with E-state index in [4.69, 9.17) is 11.6 Å². The smallest absolute Gasteiger partial charge is 0.0230 e. The Bertz CT molecular complexity index is 457. The molecular formula is C15H13Cl. The fraction of sp³-hybridized carbons (Fsp3) is 0.0667. The van der Waals surface area contributed by atoms with Gasteiger partial charge in [-0.05, 0) is 17.2 Å². The van der Waals surface area contributed by atoms with E-state index in [-0.39, 0.29) is 0 Å². The van der Waals surface area contributed by atoms with Gasteiger partial charge < -0.3 is 0 Å². The van der Waals surface area contributed by atoms with E-state index in [1.165, 1.54) is 5.56 Å². The van der Waals surface area contributed by atoms with Gasteiger partial charge in [0.05, 0.1) is 0 Å². The number of halogens is 1. The molecule has 0 aliphatic carbocycles. The van der Waals surface area contributed by atoms with E-state index < -0.39 is 0 Å². The third-order valence-corrected chi connectivity index (χ3v) is 2.58. The highest BCUT2D eigenvalue weighted by Gasteiger charge is 1.96. The maximum atomic E-state index is 6.21. The van der Waals surface area contributed by atoms with Gasteiger partial charge in [-0.1, -0.05) is 72.3 Å².